The zero-order chi connectivity index (χ0) is 23.3. The highest BCUT2D eigenvalue weighted by molar-refractivity contribution is 6.35. The van der Waals surface area contributed by atoms with Gasteiger partial charge in [0, 0.05) is 27.4 Å². The summed E-state index contributed by atoms with van der Waals surface area (Å²) in [6, 6.07) is 14.4. The second-order valence-electron chi connectivity index (χ2n) is 7.50. The van der Waals surface area contributed by atoms with Crippen LogP contribution in [0.5, 0.6) is 5.75 Å². The summed E-state index contributed by atoms with van der Waals surface area (Å²) in [5, 5.41) is 25.7. The molecular weight excluding hydrogens is 464 g/mol. The maximum Gasteiger partial charge on any atom is 0.422 e. The van der Waals surface area contributed by atoms with Gasteiger partial charge in [0.15, 0.2) is 5.60 Å². The van der Waals surface area contributed by atoms with Crippen molar-refractivity contribution in [3.63, 3.8) is 0 Å². The molecule has 32 heavy (non-hydrogen) atoms. The van der Waals surface area contributed by atoms with Crippen molar-refractivity contribution in [2.75, 3.05) is 0 Å². The summed E-state index contributed by atoms with van der Waals surface area (Å²) in [7, 11) is 0. The number of fused-ring (bicyclic) bond motifs is 1. The fraction of sp³-hybridized carbons (Fsp3) is 0.174. The number of halogens is 5. The van der Waals surface area contributed by atoms with Gasteiger partial charge in [-0.25, -0.2) is 4.68 Å². The molecule has 4 rings (SSSR count). The number of aliphatic hydroxyl groups is 1. The molecule has 3 aromatic carbocycles. The first-order valence-corrected chi connectivity index (χ1v) is 10.3. The number of benzene rings is 3. The molecule has 0 radical (unpaired) electrons. The molecule has 0 bridgehead atoms. The third-order valence-corrected chi connectivity index (χ3v) is 6.13. The minimum atomic E-state index is -5.00. The van der Waals surface area contributed by atoms with E-state index in [2.05, 4.69) is 5.10 Å². The highest BCUT2D eigenvalue weighted by Gasteiger charge is 2.59. The Morgan fingerprint density at radius 2 is 1.75 bits per heavy atom. The predicted octanol–water partition coefficient (Wildman–Crippen LogP) is 6.59. The Hall–Kier alpha value is -2.74. The highest BCUT2D eigenvalue weighted by Crippen LogP contribution is 2.50. The lowest BCUT2D eigenvalue weighted by Crippen LogP contribution is -2.46. The van der Waals surface area contributed by atoms with Gasteiger partial charge in [-0.15, -0.1) is 0 Å². The van der Waals surface area contributed by atoms with E-state index in [9.17, 15) is 23.4 Å². The van der Waals surface area contributed by atoms with Crippen molar-refractivity contribution in [3.8, 4) is 11.4 Å². The molecule has 166 valence electrons. The monoisotopic (exact) mass is 480 g/mol. The van der Waals surface area contributed by atoms with Gasteiger partial charge in [-0.05, 0) is 47.5 Å². The first-order chi connectivity index (χ1) is 15.0. The van der Waals surface area contributed by atoms with Crippen LogP contribution in [0.2, 0.25) is 10.0 Å². The van der Waals surface area contributed by atoms with Crippen molar-refractivity contribution >= 4 is 34.1 Å². The standard InChI is InChI=1S/C23H17Cl2F3N2O2/c1-13(19-7-6-16(24)10-20(19)25)22(32,23(26,27)28)15-5-8-21-14(9-15)12-29-30(21)17-3-2-4-18(31)11-17/h2-13,31-32H,1H3. The SMILES string of the molecule is CC(c1ccc(Cl)cc1Cl)C(O)(c1ccc2c(cnn2-c2cccc(O)c2)c1)C(F)(F)F. The van der Waals surface area contributed by atoms with E-state index in [1.807, 2.05) is 0 Å². The second-order valence-corrected chi connectivity index (χ2v) is 8.35. The second kappa shape index (κ2) is 7.99. The van der Waals surface area contributed by atoms with E-state index < -0.39 is 17.7 Å². The van der Waals surface area contributed by atoms with Gasteiger partial charge < -0.3 is 10.2 Å². The molecule has 1 heterocycles. The third-order valence-electron chi connectivity index (χ3n) is 5.57. The van der Waals surface area contributed by atoms with Crippen LogP contribution in [0.25, 0.3) is 16.6 Å². The zero-order valence-electron chi connectivity index (χ0n) is 16.6. The Bertz CT molecular complexity index is 1310. The topological polar surface area (TPSA) is 58.3 Å². The maximum absolute atomic E-state index is 14.3. The Kier molecular flexibility index (Phi) is 5.61. The summed E-state index contributed by atoms with van der Waals surface area (Å²) >= 11 is 12.0. The Morgan fingerprint density at radius 3 is 2.41 bits per heavy atom. The quantitative estimate of drug-likeness (QED) is 0.346. The van der Waals surface area contributed by atoms with Crippen molar-refractivity contribution < 1.29 is 23.4 Å². The number of alkyl halides is 3. The van der Waals surface area contributed by atoms with Crippen molar-refractivity contribution in [2.24, 2.45) is 0 Å². The van der Waals surface area contributed by atoms with Crippen LogP contribution in [0.4, 0.5) is 13.2 Å². The van der Waals surface area contributed by atoms with Crippen LogP contribution in [-0.2, 0) is 5.60 Å². The lowest BCUT2D eigenvalue weighted by atomic mass is 9.77. The lowest BCUT2D eigenvalue weighted by molar-refractivity contribution is -0.274. The maximum atomic E-state index is 14.3. The van der Waals surface area contributed by atoms with Crippen molar-refractivity contribution in [1.82, 2.24) is 9.78 Å². The molecule has 4 aromatic rings. The van der Waals surface area contributed by atoms with Crippen LogP contribution in [0.15, 0.2) is 66.9 Å². The first-order valence-electron chi connectivity index (χ1n) is 9.54. The van der Waals surface area contributed by atoms with Gasteiger partial charge >= 0.3 is 6.18 Å². The van der Waals surface area contributed by atoms with Crippen LogP contribution in [-0.4, -0.2) is 26.2 Å². The van der Waals surface area contributed by atoms with Crippen LogP contribution in [0.3, 0.4) is 0 Å². The molecule has 0 aliphatic carbocycles. The molecule has 0 aliphatic rings. The van der Waals surface area contributed by atoms with E-state index >= 15 is 0 Å². The average molecular weight is 481 g/mol. The number of aromatic nitrogens is 2. The predicted molar refractivity (Wildman–Crippen MR) is 118 cm³/mol. The average Bonchev–Trinajstić information content (AvgIpc) is 3.15. The number of hydrogen-bond donors (Lipinski definition) is 2. The molecule has 2 atom stereocenters. The van der Waals surface area contributed by atoms with E-state index in [4.69, 9.17) is 23.2 Å². The normalized spacial score (nSPS) is 15.0. The minimum Gasteiger partial charge on any atom is -0.508 e. The molecule has 0 spiro atoms. The zero-order valence-corrected chi connectivity index (χ0v) is 18.1. The van der Waals surface area contributed by atoms with Gasteiger partial charge in [-0.1, -0.05) is 48.3 Å². The molecule has 4 nitrogen and oxygen atoms in total. The molecule has 0 aliphatic heterocycles. The Balaban J connectivity index is 1.85. The highest BCUT2D eigenvalue weighted by atomic mass is 35.5. The molecule has 0 saturated carbocycles. The lowest BCUT2D eigenvalue weighted by Gasteiger charge is -2.37. The van der Waals surface area contributed by atoms with Gasteiger partial charge in [-0.2, -0.15) is 18.3 Å². The van der Waals surface area contributed by atoms with Crippen LogP contribution in [0.1, 0.15) is 24.0 Å². The van der Waals surface area contributed by atoms with E-state index in [1.165, 1.54) is 66.3 Å². The van der Waals surface area contributed by atoms with Gasteiger partial charge in [0.05, 0.1) is 17.4 Å². The Labute approximate surface area is 191 Å². The molecule has 0 fully saturated rings. The van der Waals surface area contributed by atoms with Crippen molar-refractivity contribution in [3.05, 3.63) is 88.0 Å². The third kappa shape index (κ3) is 3.70. The largest absolute Gasteiger partial charge is 0.508 e. The van der Waals surface area contributed by atoms with Crippen LogP contribution < -0.4 is 0 Å². The summed E-state index contributed by atoms with van der Waals surface area (Å²) in [6.45, 7) is 1.27. The molecule has 0 saturated heterocycles. The van der Waals surface area contributed by atoms with E-state index in [0.717, 1.165) is 0 Å². The number of nitrogens with zero attached hydrogens (tertiary/aromatic N) is 2. The molecule has 9 heteroatoms. The van der Waals surface area contributed by atoms with Crippen LogP contribution in [0, 0.1) is 0 Å². The van der Waals surface area contributed by atoms with Gasteiger partial charge in [0.25, 0.3) is 0 Å². The molecule has 2 unspecified atom stereocenters. The van der Waals surface area contributed by atoms with Gasteiger partial charge in [0.2, 0.25) is 0 Å². The van der Waals surface area contributed by atoms with E-state index in [1.54, 1.807) is 12.1 Å². The fourth-order valence-electron chi connectivity index (χ4n) is 3.84. The Morgan fingerprint density at radius 1 is 1.00 bits per heavy atom. The molecule has 1 aromatic heterocycles. The first kappa shape index (κ1) is 22.5. The number of rotatable bonds is 4. The smallest absolute Gasteiger partial charge is 0.422 e. The fourth-order valence-corrected chi connectivity index (χ4v) is 4.41. The number of phenolic OH excluding ortho intramolecular Hbond substituents is 1. The summed E-state index contributed by atoms with van der Waals surface area (Å²) in [5.41, 5.74) is -2.38. The molecular formula is C23H17Cl2F3N2O2. The van der Waals surface area contributed by atoms with Crippen molar-refractivity contribution in [1.29, 1.82) is 0 Å². The number of phenols is 1. The summed E-state index contributed by atoms with van der Waals surface area (Å²) in [4.78, 5) is 0. The van der Waals surface area contributed by atoms with Crippen molar-refractivity contribution in [2.45, 2.75) is 24.6 Å². The molecule has 2 N–H and O–H groups in total. The van der Waals surface area contributed by atoms with E-state index in [-0.39, 0.29) is 26.9 Å². The summed E-state index contributed by atoms with van der Waals surface area (Å²) < 4.78 is 44.3. The molecule has 0 amide bonds. The number of hydrogen-bond acceptors (Lipinski definition) is 3. The van der Waals surface area contributed by atoms with Gasteiger partial charge in [-0.3, -0.25) is 0 Å². The van der Waals surface area contributed by atoms with Gasteiger partial charge in [0.1, 0.15) is 5.75 Å². The summed E-state index contributed by atoms with van der Waals surface area (Å²) in [5.74, 6) is -1.39. The number of aromatic hydroxyl groups is 1. The van der Waals surface area contributed by atoms with E-state index in [0.29, 0.717) is 16.6 Å². The van der Waals surface area contributed by atoms with Crippen LogP contribution >= 0.6 is 23.2 Å². The summed E-state index contributed by atoms with van der Waals surface area (Å²) in [6.07, 6.45) is -3.59. The minimum absolute atomic E-state index is 0.0304.